The van der Waals surface area contributed by atoms with Crippen molar-refractivity contribution in [3.63, 3.8) is 0 Å². The van der Waals surface area contributed by atoms with Crippen molar-refractivity contribution in [2.75, 3.05) is 0 Å². The van der Waals surface area contributed by atoms with Gasteiger partial charge >= 0.3 is 0 Å². The average Bonchev–Trinajstić information content (AvgIpc) is 2.63. The fraction of sp³-hybridized carbons (Fsp3) is 0.200. The minimum atomic E-state index is 0.740. The van der Waals surface area contributed by atoms with Crippen LogP contribution in [0.1, 0.15) is 10.6 Å². The molecule has 0 amide bonds. The third-order valence-corrected chi connectivity index (χ3v) is 3.67. The first-order chi connectivity index (χ1) is 7.25. The largest absolute Gasteiger partial charge is 0.258 e. The van der Waals surface area contributed by atoms with E-state index in [1.165, 1.54) is 16.9 Å². The summed E-state index contributed by atoms with van der Waals surface area (Å²) in [6.07, 6.45) is 1.87. The summed E-state index contributed by atoms with van der Waals surface area (Å²) < 4.78 is 0.740. The van der Waals surface area contributed by atoms with Crippen LogP contribution >= 0.6 is 36.2 Å². The van der Waals surface area contributed by atoms with Crippen molar-refractivity contribution in [2.45, 2.75) is 17.7 Å². The van der Waals surface area contributed by atoms with Gasteiger partial charge in [-0.15, -0.1) is 12.6 Å². The van der Waals surface area contributed by atoms with Gasteiger partial charge < -0.3 is 0 Å². The number of aromatic nitrogens is 2. The number of nitrogens with zero attached hydrogens (tertiary/aromatic N) is 1. The number of thiol groups is 1. The van der Waals surface area contributed by atoms with Crippen LogP contribution in [0.15, 0.2) is 29.2 Å². The van der Waals surface area contributed by atoms with Crippen LogP contribution in [0.2, 0.25) is 0 Å². The van der Waals surface area contributed by atoms with Crippen molar-refractivity contribution in [3.05, 3.63) is 38.8 Å². The zero-order valence-electron chi connectivity index (χ0n) is 7.93. The minimum Gasteiger partial charge on any atom is -0.258 e. The van der Waals surface area contributed by atoms with Crippen LogP contribution in [0, 0.1) is 3.95 Å². The van der Waals surface area contributed by atoms with Crippen molar-refractivity contribution < 1.29 is 0 Å². The summed E-state index contributed by atoms with van der Waals surface area (Å²) in [6, 6.07) is 8.12. The fourth-order valence-electron chi connectivity index (χ4n) is 1.33. The summed E-state index contributed by atoms with van der Waals surface area (Å²) in [5.41, 5.74) is 1.25. The van der Waals surface area contributed by atoms with Gasteiger partial charge in [0.15, 0.2) is 3.95 Å². The highest BCUT2D eigenvalue weighted by Crippen LogP contribution is 2.16. The topological polar surface area (TPSA) is 28.7 Å². The van der Waals surface area contributed by atoms with E-state index in [0.29, 0.717) is 0 Å². The number of aromatic amines is 1. The van der Waals surface area contributed by atoms with Gasteiger partial charge in [0.1, 0.15) is 5.01 Å². The molecule has 0 bridgehead atoms. The second-order valence-corrected chi connectivity index (χ2v) is 5.37. The molecule has 5 heteroatoms. The van der Waals surface area contributed by atoms with Gasteiger partial charge in [0.25, 0.3) is 0 Å². The molecule has 0 spiro atoms. The Labute approximate surface area is 103 Å². The fourth-order valence-corrected chi connectivity index (χ4v) is 2.54. The lowest BCUT2D eigenvalue weighted by molar-refractivity contribution is 0.889. The zero-order chi connectivity index (χ0) is 10.7. The molecular formula is C10H10N2S3. The van der Waals surface area contributed by atoms with Crippen molar-refractivity contribution in [1.29, 1.82) is 0 Å². The number of aryl methyl sites for hydroxylation is 2. The van der Waals surface area contributed by atoms with Crippen LogP contribution in [0.3, 0.4) is 0 Å². The van der Waals surface area contributed by atoms with E-state index in [1.54, 1.807) is 0 Å². The molecule has 1 aromatic heterocycles. The Hall–Kier alpha value is -0.650. The third kappa shape index (κ3) is 2.90. The van der Waals surface area contributed by atoms with Gasteiger partial charge in [-0.05, 0) is 30.3 Å². The Balaban J connectivity index is 2.05. The quantitative estimate of drug-likeness (QED) is 0.650. The number of nitrogens with one attached hydrogen (secondary N) is 1. The molecule has 0 fully saturated rings. The van der Waals surface area contributed by atoms with Gasteiger partial charge in [0, 0.05) is 11.3 Å². The van der Waals surface area contributed by atoms with Crippen molar-refractivity contribution in [3.8, 4) is 0 Å². The molecule has 0 aliphatic heterocycles. The van der Waals surface area contributed by atoms with Crippen LogP contribution in [-0.2, 0) is 12.8 Å². The van der Waals surface area contributed by atoms with Crippen LogP contribution in [0.5, 0.6) is 0 Å². The number of hydrogen-bond acceptors (Lipinski definition) is 4. The molecule has 0 unspecified atom stereocenters. The summed E-state index contributed by atoms with van der Waals surface area (Å²) >= 11 is 10.9. The predicted octanol–water partition coefficient (Wildman–Crippen LogP) is 3.27. The third-order valence-electron chi connectivity index (χ3n) is 2.08. The normalized spacial score (nSPS) is 10.5. The SMILES string of the molecule is S=c1[nH]nc(CCc2ccccc2S)s1. The lowest BCUT2D eigenvalue weighted by Crippen LogP contribution is -1.91. The van der Waals surface area contributed by atoms with Crippen molar-refractivity contribution in [2.24, 2.45) is 0 Å². The first-order valence-electron chi connectivity index (χ1n) is 4.57. The molecule has 0 aliphatic carbocycles. The molecule has 1 N–H and O–H groups in total. The number of hydrogen-bond donors (Lipinski definition) is 2. The van der Waals surface area contributed by atoms with E-state index in [1.807, 2.05) is 18.2 Å². The Morgan fingerprint density at radius 3 is 2.80 bits per heavy atom. The molecule has 78 valence electrons. The molecule has 0 aliphatic rings. The van der Waals surface area contributed by atoms with Crippen LogP contribution < -0.4 is 0 Å². The van der Waals surface area contributed by atoms with Crippen LogP contribution in [-0.4, -0.2) is 10.2 Å². The Morgan fingerprint density at radius 1 is 1.33 bits per heavy atom. The zero-order valence-corrected chi connectivity index (χ0v) is 10.5. The predicted molar refractivity (Wildman–Crippen MR) is 68.4 cm³/mol. The van der Waals surface area contributed by atoms with Crippen molar-refractivity contribution >= 4 is 36.2 Å². The second-order valence-electron chi connectivity index (χ2n) is 3.14. The summed E-state index contributed by atoms with van der Waals surface area (Å²) in [6.45, 7) is 0. The maximum atomic E-state index is 4.97. The molecule has 1 aromatic carbocycles. The number of H-pyrrole nitrogens is 1. The first-order valence-corrected chi connectivity index (χ1v) is 6.24. The smallest absolute Gasteiger partial charge is 0.176 e. The second kappa shape index (κ2) is 4.92. The Kier molecular flexibility index (Phi) is 3.56. The molecule has 2 rings (SSSR count). The van der Waals surface area contributed by atoms with Gasteiger partial charge in [0.05, 0.1) is 0 Å². The van der Waals surface area contributed by atoms with E-state index < -0.39 is 0 Å². The average molecular weight is 254 g/mol. The minimum absolute atomic E-state index is 0.740. The highest BCUT2D eigenvalue weighted by molar-refractivity contribution is 7.80. The van der Waals surface area contributed by atoms with Gasteiger partial charge in [-0.1, -0.05) is 29.5 Å². The monoisotopic (exact) mass is 254 g/mol. The lowest BCUT2D eigenvalue weighted by atomic mass is 10.1. The van der Waals surface area contributed by atoms with Crippen LogP contribution in [0.25, 0.3) is 0 Å². The number of rotatable bonds is 3. The molecule has 0 radical (unpaired) electrons. The lowest BCUT2D eigenvalue weighted by Gasteiger charge is -2.01. The maximum absolute atomic E-state index is 4.97. The first kappa shape index (κ1) is 10.9. The number of benzene rings is 1. The van der Waals surface area contributed by atoms with E-state index in [-0.39, 0.29) is 0 Å². The van der Waals surface area contributed by atoms with Gasteiger partial charge in [-0.3, -0.25) is 5.10 Å². The molecular weight excluding hydrogens is 244 g/mol. The standard InChI is InChI=1S/C10H10N2S3/c13-8-4-2-1-3-7(8)5-6-9-11-12-10(14)15-9/h1-4,13H,5-6H2,(H,12,14). The molecule has 2 nitrogen and oxygen atoms in total. The maximum Gasteiger partial charge on any atom is 0.176 e. The van der Waals surface area contributed by atoms with Gasteiger partial charge in [0.2, 0.25) is 0 Å². The van der Waals surface area contributed by atoms with E-state index in [4.69, 9.17) is 12.2 Å². The van der Waals surface area contributed by atoms with Gasteiger partial charge in [-0.25, -0.2) is 0 Å². The molecule has 2 aromatic rings. The molecule has 0 saturated heterocycles. The summed E-state index contributed by atoms with van der Waals surface area (Å²) in [5, 5.41) is 7.96. The molecule has 1 heterocycles. The van der Waals surface area contributed by atoms with Gasteiger partial charge in [-0.2, -0.15) is 5.10 Å². The van der Waals surface area contributed by atoms with E-state index in [9.17, 15) is 0 Å². The molecule has 0 atom stereocenters. The summed E-state index contributed by atoms with van der Waals surface area (Å²) in [7, 11) is 0. The van der Waals surface area contributed by atoms with Crippen molar-refractivity contribution in [1.82, 2.24) is 10.2 Å². The Bertz CT molecular complexity index is 501. The summed E-state index contributed by atoms with van der Waals surface area (Å²) in [5.74, 6) is 0. The molecule has 15 heavy (non-hydrogen) atoms. The van der Waals surface area contributed by atoms with E-state index in [0.717, 1.165) is 26.7 Å². The van der Waals surface area contributed by atoms with E-state index >= 15 is 0 Å². The van der Waals surface area contributed by atoms with E-state index in [2.05, 4.69) is 28.9 Å². The Morgan fingerprint density at radius 2 is 2.13 bits per heavy atom. The van der Waals surface area contributed by atoms with Crippen LogP contribution in [0.4, 0.5) is 0 Å². The summed E-state index contributed by atoms with van der Waals surface area (Å²) in [4.78, 5) is 1.04. The highest BCUT2D eigenvalue weighted by atomic mass is 32.1. The molecule has 0 saturated carbocycles. The highest BCUT2D eigenvalue weighted by Gasteiger charge is 2.01.